The lowest BCUT2D eigenvalue weighted by molar-refractivity contribution is -0.152. The molecule has 0 radical (unpaired) electrons. The predicted octanol–water partition coefficient (Wildman–Crippen LogP) is 1.75. The van der Waals surface area contributed by atoms with Crippen molar-refractivity contribution < 1.29 is 24.2 Å². The molecule has 4 aliphatic rings. The molecule has 1 amide bonds. The molecule has 1 aromatic carbocycles. The normalized spacial score (nSPS) is 31.6. The molecule has 1 spiro atoms. The van der Waals surface area contributed by atoms with E-state index in [4.69, 9.17) is 9.47 Å². The van der Waals surface area contributed by atoms with Gasteiger partial charge in [0.05, 0.1) is 0 Å². The van der Waals surface area contributed by atoms with Gasteiger partial charge in [0.2, 0.25) is 5.91 Å². The van der Waals surface area contributed by atoms with E-state index in [1.807, 2.05) is 6.08 Å². The molecule has 2 bridgehead atoms. The van der Waals surface area contributed by atoms with Crippen LogP contribution in [0.3, 0.4) is 0 Å². The maximum atomic E-state index is 12.2. The van der Waals surface area contributed by atoms with Crippen LogP contribution in [0.2, 0.25) is 0 Å². The molecule has 2 aliphatic carbocycles. The van der Waals surface area contributed by atoms with Crippen LogP contribution in [0.4, 0.5) is 0 Å². The molecule has 32 heavy (non-hydrogen) atoms. The molecule has 2 aliphatic heterocycles. The molecule has 8 heteroatoms. The van der Waals surface area contributed by atoms with Crippen LogP contribution in [0.5, 0.6) is 11.5 Å². The number of nitrogens with one attached hydrogen (secondary N) is 1. The van der Waals surface area contributed by atoms with Crippen molar-refractivity contribution >= 4 is 24.5 Å². The minimum Gasteiger partial charge on any atom is -0.504 e. The summed E-state index contributed by atoms with van der Waals surface area (Å²) in [5.74, 6) is 1.11. The van der Waals surface area contributed by atoms with Gasteiger partial charge in [-0.15, -0.1) is 0 Å². The number of hydrogen-bond donors (Lipinski definition) is 3. The number of rotatable bonds is 6. The summed E-state index contributed by atoms with van der Waals surface area (Å²) in [5.41, 5.74) is 2.93. The maximum Gasteiger partial charge on any atom is 0.303 e. The summed E-state index contributed by atoms with van der Waals surface area (Å²) in [6.07, 6.45) is 5.94. The second kappa shape index (κ2) is 7.99. The molecule has 2 N–H and O–H groups in total. The van der Waals surface area contributed by atoms with Crippen LogP contribution in [0.1, 0.15) is 36.5 Å². The number of nitrogens with zero attached hydrogens (tertiary/aromatic N) is 1. The fourth-order valence-corrected chi connectivity index (χ4v) is 6.54. The van der Waals surface area contributed by atoms with Gasteiger partial charge in [-0.05, 0) is 56.1 Å². The van der Waals surface area contributed by atoms with Crippen LogP contribution in [0, 0.1) is 5.92 Å². The Morgan fingerprint density at radius 3 is 2.97 bits per heavy atom. The number of phenolic OH excluding ortho intramolecular Hbond substituents is 1. The summed E-state index contributed by atoms with van der Waals surface area (Å²) in [6.45, 7) is 2.87. The minimum absolute atomic E-state index is 0.0138. The summed E-state index contributed by atoms with van der Waals surface area (Å²) in [4.78, 5) is 26.4. The average Bonchev–Trinajstić information content (AvgIpc) is 3.11. The third kappa shape index (κ3) is 3.14. The van der Waals surface area contributed by atoms with Gasteiger partial charge >= 0.3 is 5.97 Å². The second-order valence-corrected chi connectivity index (χ2v) is 9.82. The lowest BCUT2D eigenvalue weighted by Crippen LogP contribution is -2.65. The first-order valence-electron chi connectivity index (χ1n) is 11.3. The number of ether oxygens (including phenoxy) is 2. The van der Waals surface area contributed by atoms with Gasteiger partial charge in [-0.1, -0.05) is 6.08 Å². The molecule has 0 saturated carbocycles. The van der Waals surface area contributed by atoms with Crippen molar-refractivity contribution in [2.24, 2.45) is 5.92 Å². The molecular formula is C24H30N2O5S. The number of piperidine rings is 1. The average molecular weight is 459 g/mol. The van der Waals surface area contributed by atoms with Gasteiger partial charge in [-0.2, -0.15) is 12.6 Å². The van der Waals surface area contributed by atoms with E-state index in [-0.39, 0.29) is 35.1 Å². The van der Waals surface area contributed by atoms with Gasteiger partial charge in [0.1, 0.15) is 6.10 Å². The Bertz CT molecular complexity index is 995. The second-order valence-electron chi connectivity index (χ2n) is 9.38. The third-order valence-corrected chi connectivity index (χ3v) is 7.93. The first-order valence-corrected chi connectivity index (χ1v) is 12.0. The fourth-order valence-electron chi connectivity index (χ4n) is 6.43. The summed E-state index contributed by atoms with van der Waals surface area (Å²) in [6, 6.07) is 2.06. The van der Waals surface area contributed by atoms with Crippen molar-refractivity contribution in [3.8, 4) is 11.5 Å². The van der Waals surface area contributed by atoms with Gasteiger partial charge in [0.25, 0.3) is 0 Å². The number of hydrogen-bond acceptors (Lipinski definition) is 7. The van der Waals surface area contributed by atoms with Crippen molar-refractivity contribution in [3.05, 3.63) is 34.9 Å². The van der Waals surface area contributed by atoms with Gasteiger partial charge in [-0.25, -0.2) is 0 Å². The van der Waals surface area contributed by atoms with E-state index < -0.39 is 6.10 Å². The number of carbonyl (C=O) groups is 2. The smallest absolute Gasteiger partial charge is 0.303 e. The van der Waals surface area contributed by atoms with Crippen LogP contribution in [0.25, 0.3) is 0 Å². The first kappa shape index (κ1) is 21.6. The van der Waals surface area contributed by atoms with E-state index >= 15 is 0 Å². The van der Waals surface area contributed by atoms with Gasteiger partial charge in [0.15, 0.2) is 17.6 Å². The monoisotopic (exact) mass is 458 g/mol. The largest absolute Gasteiger partial charge is 0.504 e. The number of aromatic hydroxyl groups is 1. The molecule has 7 nitrogen and oxygen atoms in total. The highest BCUT2D eigenvalue weighted by Crippen LogP contribution is 2.63. The highest BCUT2D eigenvalue weighted by Gasteiger charge is 2.65. The number of esters is 1. The highest BCUT2D eigenvalue weighted by atomic mass is 32.1. The topological polar surface area (TPSA) is 88.1 Å². The van der Waals surface area contributed by atoms with E-state index in [1.54, 1.807) is 6.07 Å². The predicted molar refractivity (Wildman–Crippen MR) is 122 cm³/mol. The molecule has 1 aromatic rings. The molecule has 2 heterocycles. The quantitative estimate of drug-likeness (QED) is 0.342. The molecule has 0 aromatic heterocycles. The number of amides is 1. The summed E-state index contributed by atoms with van der Waals surface area (Å²) in [7, 11) is 2.16. The van der Waals surface area contributed by atoms with Crippen LogP contribution < -0.4 is 10.1 Å². The number of benzene rings is 1. The Balaban J connectivity index is 1.58. The number of likely N-dealkylation sites (tertiary alicyclic amines) is 1. The summed E-state index contributed by atoms with van der Waals surface area (Å²) >= 11 is 4.14. The van der Waals surface area contributed by atoms with Crippen LogP contribution in [0.15, 0.2) is 18.2 Å². The lowest BCUT2D eigenvalue weighted by Gasteiger charge is -2.56. The van der Waals surface area contributed by atoms with Crippen molar-refractivity contribution in [2.45, 2.75) is 56.3 Å². The number of likely N-dealkylation sites (N-methyl/N-ethyl adjacent to an activating group) is 1. The van der Waals surface area contributed by atoms with E-state index in [0.29, 0.717) is 36.9 Å². The van der Waals surface area contributed by atoms with Gasteiger partial charge < -0.3 is 24.8 Å². The molecule has 5 atom stereocenters. The zero-order valence-electron chi connectivity index (χ0n) is 18.5. The van der Waals surface area contributed by atoms with Crippen molar-refractivity contribution in [2.75, 3.05) is 25.9 Å². The maximum absolute atomic E-state index is 12.2. The molecule has 1 fully saturated rings. The Morgan fingerprint density at radius 1 is 1.41 bits per heavy atom. The van der Waals surface area contributed by atoms with Crippen molar-refractivity contribution in [1.82, 2.24) is 10.2 Å². The van der Waals surface area contributed by atoms with Gasteiger partial charge in [0, 0.05) is 48.6 Å². The fraction of sp³-hybridized carbons (Fsp3) is 0.583. The van der Waals surface area contributed by atoms with Gasteiger partial charge in [-0.3, -0.25) is 9.59 Å². The lowest BCUT2D eigenvalue weighted by atomic mass is 9.53. The highest BCUT2D eigenvalue weighted by molar-refractivity contribution is 7.80. The Labute approximate surface area is 193 Å². The zero-order chi connectivity index (χ0) is 22.6. The molecule has 5 rings (SSSR count). The summed E-state index contributed by atoms with van der Waals surface area (Å²) in [5, 5.41) is 13.8. The number of phenols is 1. The van der Waals surface area contributed by atoms with Crippen LogP contribution in [-0.2, 0) is 32.6 Å². The van der Waals surface area contributed by atoms with Crippen molar-refractivity contribution in [1.29, 1.82) is 0 Å². The Hall–Kier alpha value is -2.19. The summed E-state index contributed by atoms with van der Waals surface area (Å²) < 4.78 is 12.1. The standard InChI is InChI=1S/C24H30N2O5S/c1-13(27)30-19-5-4-16-17-12-15-14(3-6-20(29)25-8-10-32)11-18(28)22-21(15)24(16,23(19)31-22)7-9-26(17)2/h4-5,11,16-17,19,23,28,32H,3,6-10,12H2,1-2H3,(H,25,29)/t16?,17-,19+,23+,24?/m1/s1. The minimum atomic E-state index is -0.485. The SMILES string of the molecule is CC(=O)O[C@H]1C=CC2[C@H]3Cc4c(CCC(=O)NCCS)cc(O)c5c4C2(CCN3C)[C@H]1O5. The number of aryl methyl sites for hydroxylation is 1. The molecule has 172 valence electrons. The van der Waals surface area contributed by atoms with Crippen LogP contribution >= 0.6 is 12.6 Å². The molecule has 2 unspecified atom stereocenters. The van der Waals surface area contributed by atoms with E-state index in [1.165, 1.54) is 12.5 Å². The molecular weight excluding hydrogens is 428 g/mol. The number of carbonyl (C=O) groups excluding carboxylic acids is 2. The Kier molecular flexibility index (Phi) is 5.40. The number of thiol groups is 1. The van der Waals surface area contributed by atoms with E-state index in [2.05, 4.69) is 36.0 Å². The van der Waals surface area contributed by atoms with E-state index in [9.17, 15) is 14.7 Å². The van der Waals surface area contributed by atoms with E-state index in [0.717, 1.165) is 30.5 Å². The van der Waals surface area contributed by atoms with Crippen LogP contribution in [-0.4, -0.2) is 66.0 Å². The Morgan fingerprint density at radius 2 is 2.22 bits per heavy atom. The zero-order valence-corrected chi connectivity index (χ0v) is 19.4. The third-order valence-electron chi connectivity index (χ3n) is 7.71. The van der Waals surface area contributed by atoms with Crippen molar-refractivity contribution in [3.63, 3.8) is 0 Å². The molecule has 1 saturated heterocycles. The first-order chi connectivity index (χ1) is 15.4.